The normalized spacial score (nSPS) is 12.8. The molecule has 0 aromatic heterocycles. The minimum Gasteiger partial charge on any atom is -0.480 e. The second kappa shape index (κ2) is 17.3. The monoisotopic (exact) mass is 619 g/mol. The van der Waals surface area contributed by atoms with Crippen molar-refractivity contribution in [3.63, 3.8) is 0 Å². The van der Waals surface area contributed by atoms with Gasteiger partial charge in [-0.2, -0.15) is 0 Å². The number of Topliss-reactive ketones (excluding diaryl/α,β-unsaturated/α-hetero) is 2. The smallest absolute Gasteiger partial charge is 0.322 e. The van der Waals surface area contributed by atoms with E-state index in [9.17, 15) is 24.3 Å². The molecule has 46 heavy (non-hydrogen) atoms. The lowest BCUT2D eigenvalue weighted by Crippen LogP contribution is -2.44. The molecule has 4 aromatic carbocycles. The van der Waals surface area contributed by atoms with Crippen LogP contribution >= 0.6 is 0 Å². The zero-order chi connectivity index (χ0) is 33.5. The van der Waals surface area contributed by atoms with Crippen molar-refractivity contribution >= 4 is 29.1 Å². The van der Waals surface area contributed by atoms with Crippen LogP contribution in [0.2, 0.25) is 0 Å². The third kappa shape index (κ3) is 8.88. The molecular formula is C39H41NO6. The second-order valence-corrected chi connectivity index (χ2v) is 10.9. The van der Waals surface area contributed by atoms with Crippen LogP contribution < -0.4 is 0 Å². The number of carbonyl (C=O) groups excluding carboxylic acids is 3. The predicted octanol–water partition coefficient (Wildman–Crippen LogP) is 6.74. The number of ether oxygens (including phenoxy) is 1. The van der Waals surface area contributed by atoms with E-state index in [-0.39, 0.29) is 25.2 Å². The minimum atomic E-state index is -1.61. The van der Waals surface area contributed by atoms with Crippen LogP contribution in [-0.4, -0.2) is 54.2 Å². The van der Waals surface area contributed by atoms with Gasteiger partial charge in [0.15, 0.2) is 17.0 Å². The van der Waals surface area contributed by atoms with Crippen molar-refractivity contribution < 1.29 is 29.0 Å². The van der Waals surface area contributed by atoms with Crippen molar-refractivity contribution in [2.45, 2.75) is 38.0 Å². The maximum atomic E-state index is 13.5. The van der Waals surface area contributed by atoms with Crippen molar-refractivity contribution in [2.75, 3.05) is 20.7 Å². The summed E-state index contributed by atoms with van der Waals surface area (Å²) in [6.45, 7) is 3.74. The van der Waals surface area contributed by atoms with Crippen LogP contribution in [-0.2, 0) is 35.8 Å². The summed E-state index contributed by atoms with van der Waals surface area (Å²) in [6.07, 6.45) is 2.08. The van der Waals surface area contributed by atoms with E-state index in [1.54, 1.807) is 61.3 Å². The molecule has 2 unspecified atom stereocenters. The first kappa shape index (κ1) is 35.2. The molecular weight excluding hydrogens is 578 g/mol. The summed E-state index contributed by atoms with van der Waals surface area (Å²) in [5.41, 5.74) is 1.55. The second-order valence-electron chi connectivity index (χ2n) is 10.9. The maximum absolute atomic E-state index is 13.5. The lowest BCUT2D eigenvalue weighted by atomic mass is 9.71. The van der Waals surface area contributed by atoms with Crippen molar-refractivity contribution in [1.29, 1.82) is 0 Å². The molecule has 0 radical (unpaired) electrons. The quantitative estimate of drug-likeness (QED) is 0.101. The topological polar surface area (TPSA) is 101 Å². The van der Waals surface area contributed by atoms with Gasteiger partial charge in [-0.25, -0.2) is 0 Å². The summed E-state index contributed by atoms with van der Waals surface area (Å²) < 4.78 is 5.06. The van der Waals surface area contributed by atoms with E-state index in [0.29, 0.717) is 22.3 Å². The van der Waals surface area contributed by atoms with Gasteiger partial charge in [-0.05, 0) is 35.6 Å². The zero-order valence-electron chi connectivity index (χ0n) is 26.8. The Hall–Kier alpha value is -5.30. The Bertz CT molecular complexity index is 1600. The molecule has 0 heterocycles. The summed E-state index contributed by atoms with van der Waals surface area (Å²) in [5.74, 6) is -3.03. The van der Waals surface area contributed by atoms with Crippen LogP contribution in [0.1, 0.15) is 48.4 Å². The fourth-order valence-electron chi connectivity index (χ4n) is 5.18. The van der Waals surface area contributed by atoms with E-state index in [1.165, 1.54) is 0 Å². The van der Waals surface area contributed by atoms with E-state index in [4.69, 9.17) is 4.74 Å². The number of aliphatic carboxylic acids is 1. The first-order valence-electron chi connectivity index (χ1n) is 15.2. The van der Waals surface area contributed by atoms with Crippen LogP contribution in [0.3, 0.4) is 0 Å². The molecule has 0 fully saturated rings. The summed E-state index contributed by atoms with van der Waals surface area (Å²) >= 11 is 0. The van der Waals surface area contributed by atoms with Crippen molar-refractivity contribution in [2.24, 2.45) is 0 Å². The third-order valence-corrected chi connectivity index (χ3v) is 7.46. The Balaban J connectivity index is 0.000000254. The van der Waals surface area contributed by atoms with Crippen LogP contribution in [0.5, 0.6) is 0 Å². The molecule has 4 aromatic rings. The van der Waals surface area contributed by atoms with Gasteiger partial charge in [-0.15, -0.1) is 0 Å². The van der Waals surface area contributed by atoms with Crippen LogP contribution in [0.15, 0.2) is 128 Å². The number of hydrogen-bond donors (Lipinski definition) is 1. The molecule has 0 spiro atoms. The molecule has 0 aliphatic heterocycles. The van der Waals surface area contributed by atoms with Gasteiger partial charge in [0.1, 0.15) is 5.92 Å². The SMILES string of the molecule is CCC(C(=O)O)(C(=O)C(=CN(C)C)c1ccccc1)c1ccccc1.CCOC(=O)C(C(=O)Cc1ccccc1)c1ccccc1. The van der Waals surface area contributed by atoms with Crippen molar-refractivity contribution in [1.82, 2.24) is 4.90 Å². The summed E-state index contributed by atoms with van der Waals surface area (Å²) in [6, 6.07) is 36.4. The zero-order valence-corrected chi connectivity index (χ0v) is 26.8. The highest BCUT2D eigenvalue weighted by molar-refractivity contribution is 6.31. The number of nitrogens with zero attached hydrogens (tertiary/aromatic N) is 1. The van der Waals surface area contributed by atoms with E-state index in [1.807, 2.05) is 99.0 Å². The number of carboxylic acid groups (broad SMARTS) is 1. The fraction of sp³-hybridized carbons (Fsp3) is 0.231. The highest BCUT2D eigenvalue weighted by Gasteiger charge is 2.47. The van der Waals surface area contributed by atoms with Gasteiger partial charge in [0.05, 0.1) is 6.61 Å². The number of esters is 1. The number of rotatable bonds is 13. The Morgan fingerprint density at radius 1 is 0.761 bits per heavy atom. The molecule has 4 rings (SSSR count). The van der Waals surface area contributed by atoms with E-state index in [0.717, 1.165) is 5.56 Å². The lowest BCUT2D eigenvalue weighted by molar-refractivity contribution is -0.149. The number of carbonyl (C=O) groups is 4. The Morgan fingerprint density at radius 2 is 1.26 bits per heavy atom. The average Bonchev–Trinajstić information content (AvgIpc) is 3.06. The Morgan fingerprint density at radius 3 is 1.74 bits per heavy atom. The van der Waals surface area contributed by atoms with Gasteiger partial charge in [0, 0.05) is 32.3 Å². The van der Waals surface area contributed by atoms with Gasteiger partial charge in [-0.3, -0.25) is 19.2 Å². The third-order valence-electron chi connectivity index (χ3n) is 7.46. The summed E-state index contributed by atoms with van der Waals surface area (Å²) in [7, 11) is 3.63. The van der Waals surface area contributed by atoms with Crippen LogP contribution in [0.4, 0.5) is 0 Å². The van der Waals surface area contributed by atoms with E-state index < -0.39 is 29.1 Å². The Kier molecular flexibility index (Phi) is 13.2. The molecule has 238 valence electrons. The largest absolute Gasteiger partial charge is 0.480 e. The van der Waals surface area contributed by atoms with Gasteiger partial charge in [0.2, 0.25) is 0 Å². The molecule has 0 aliphatic carbocycles. The van der Waals surface area contributed by atoms with Crippen LogP contribution in [0.25, 0.3) is 5.57 Å². The molecule has 1 N–H and O–H groups in total. The molecule has 7 heteroatoms. The first-order chi connectivity index (χ1) is 22.1. The molecule has 0 aliphatic rings. The number of allylic oxidation sites excluding steroid dienone is 1. The van der Waals surface area contributed by atoms with Crippen molar-refractivity contribution in [3.8, 4) is 0 Å². The summed E-state index contributed by atoms with van der Waals surface area (Å²) in [4.78, 5) is 52.2. The first-order valence-corrected chi connectivity index (χ1v) is 15.2. The standard InChI is InChI=1S/C21H23NO3.C18H18O3/c1-4-21(20(24)25,17-13-9-6-10-14-17)19(23)18(15-22(2)3)16-11-7-5-8-12-16;1-2-21-18(20)17(15-11-7-4-8-12-15)16(19)13-14-9-5-3-6-10-14/h5-15H,4H2,1-3H3,(H,24,25);3-12,17H,2,13H2,1H3. The molecule has 0 saturated heterocycles. The predicted molar refractivity (Wildman–Crippen MR) is 180 cm³/mol. The van der Waals surface area contributed by atoms with Gasteiger partial charge in [-0.1, -0.05) is 128 Å². The van der Waals surface area contributed by atoms with E-state index >= 15 is 0 Å². The van der Waals surface area contributed by atoms with Gasteiger partial charge in [0.25, 0.3) is 0 Å². The minimum absolute atomic E-state index is 0.147. The van der Waals surface area contributed by atoms with E-state index in [2.05, 4.69) is 0 Å². The number of hydrogen-bond acceptors (Lipinski definition) is 6. The molecule has 2 atom stereocenters. The molecule has 7 nitrogen and oxygen atoms in total. The number of benzene rings is 4. The Labute approximate surface area is 271 Å². The number of carboxylic acids is 1. The van der Waals surface area contributed by atoms with Crippen molar-refractivity contribution in [3.05, 3.63) is 150 Å². The highest BCUT2D eigenvalue weighted by Crippen LogP contribution is 2.35. The average molecular weight is 620 g/mol. The highest BCUT2D eigenvalue weighted by atomic mass is 16.5. The number of ketones is 2. The van der Waals surface area contributed by atoms with Crippen LogP contribution in [0, 0.1) is 0 Å². The molecule has 0 amide bonds. The maximum Gasteiger partial charge on any atom is 0.322 e. The fourth-order valence-corrected chi connectivity index (χ4v) is 5.18. The lowest BCUT2D eigenvalue weighted by Gasteiger charge is -2.29. The molecule has 0 saturated carbocycles. The van der Waals surface area contributed by atoms with Gasteiger partial charge < -0.3 is 14.7 Å². The molecule has 0 bridgehead atoms. The summed E-state index contributed by atoms with van der Waals surface area (Å²) in [5, 5.41) is 10.0. The van der Waals surface area contributed by atoms with Gasteiger partial charge >= 0.3 is 11.9 Å².